The standard InChI is InChI=1S/C14H27F3N2/c1-3-11(4-2)9-19-13(10-18)7-5-6-12(8-13)14(15,16)17/h11-12,19H,3-10,18H2,1-2H3. The Labute approximate surface area is 114 Å². The van der Waals surface area contributed by atoms with Crippen LogP contribution in [0.25, 0.3) is 0 Å². The Kier molecular flexibility index (Phi) is 6.12. The lowest BCUT2D eigenvalue weighted by Crippen LogP contribution is -2.56. The summed E-state index contributed by atoms with van der Waals surface area (Å²) in [6, 6.07) is 0. The molecule has 0 aromatic heterocycles. The van der Waals surface area contributed by atoms with E-state index in [4.69, 9.17) is 5.73 Å². The molecule has 0 bridgehead atoms. The van der Waals surface area contributed by atoms with Gasteiger partial charge in [-0.15, -0.1) is 0 Å². The van der Waals surface area contributed by atoms with Gasteiger partial charge in [0, 0.05) is 12.1 Å². The van der Waals surface area contributed by atoms with Crippen molar-refractivity contribution >= 4 is 0 Å². The molecule has 0 aromatic carbocycles. The molecule has 1 aliphatic carbocycles. The molecule has 1 aliphatic rings. The van der Waals surface area contributed by atoms with Gasteiger partial charge in [-0.3, -0.25) is 0 Å². The minimum atomic E-state index is -4.09. The van der Waals surface area contributed by atoms with Crippen LogP contribution in [0, 0.1) is 11.8 Å². The van der Waals surface area contributed by atoms with E-state index >= 15 is 0 Å². The smallest absolute Gasteiger partial charge is 0.329 e. The van der Waals surface area contributed by atoms with Gasteiger partial charge in [-0.25, -0.2) is 0 Å². The zero-order valence-corrected chi connectivity index (χ0v) is 12.0. The number of nitrogens with two attached hydrogens (primary N) is 1. The predicted molar refractivity (Wildman–Crippen MR) is 71.9 cm³/mol. The Bertz CT molecular complexity index is 264. The molecule has 2 nitrogen and oxygen atoms in total. The van der Waals surface area contributed by atoms with Gasteiger partial charge in [-0.2, -0.15) is 13.2 Å². The van der Waals surface area contributed by atoms with E-state index in [0.29, 0.717) is 18.9 Å². The quantitative estimate of drug-likeness (QED) is 0.782. The summed E-state index contributed by atoms with van der Waals surface area (Å²) in [5.74, 6) is -0.673. The van der Waals surface area contributed by atoms with E-state index in [2.05, 4.69) is 19.2 Å². The van der Waals surface area contributed by atoms with Crippen LogP contribution < -0.4 is 11.1 Å². The van der Waals surface area contributed by atoms with E-state index in [9.17, 15) is 13.2 Å². The van der Waals surface area contributed by atoms with Crippen LogP contribution in [0.15, 0.2) is 0 Å². The molecule has 19 heavy (non-hydrogen) atoms. The molecule has 114 valence electrons. The first-order chi connectivity index (χ1) is 8.87. The van der Waals surface area contributed by atoms with E-state index < -0.39 is 17.6 Å². The SMILES string of the molecule is CCC(CC)CNC1(CN)CCCC(C(F)(F)F)C1. The number of rotatable bonds is 6. The van der Waals surface area contributed by atoms with Crippen molar-refractivity contribution in [3.05, 3.63) is 0 Å². The summed E-state index contributed by atoms with van der Waals surface area (Å²) in [6.07, 6.45) is -0.240. The molecule has 5 heteroatoms. The lowest BCUT2D eigenvalue weighted by molar-refractivity contribution is -0.188. The second-order valence-corrected chi connectivity index (χ2v) is 5.88. The topological polar surface area (TPSA) is 38.0 Å². The van der Waals surface area contributed by atoms with Gasteiger partial charge >= 0.3 is 6.18 Å². The summed E-state index contributed by atoms with van der Waals surface area (Å²) in [5.41, 5.74) is 5.27. The first kappa shape index (κ1) is 16.8. The Hall–Kier alpha value is -0.290. The number of hydrogen-bond donors (Lipinski definition) is 2. The lowest BCUT2D eigenvalue weighted by atomic mass is 9.75. The van der Waals surface area contributed by atoms with Gasteiger partial charge in [0.25, 0.3) is 0 Å². The normalized spacial score (nSPS) is 28.9. The average Bonchev–Trinajstić information content (AvgIpc) is 2.39. The Morgan fingerprint density at radius 2 is 1.95 bits per heavy atom. The molecule has 2 atom stereocenters. The van der Waals surface area contributed by atoms with E-state index in [1.807, 2.05) is 0 Å². The molecule has 2 unspecified atom stereocenters. The summed E-state index contributed by atoms with van der Waals surface area (Å²) >= 11 is 0. The summed E-state index contributed by atoms with van der Waals surface area (Å²) in [5, 5.41) is 3.36. The van der Waals surface area contributed by atoms with Crippen molar-refractivity contribution in [1.82, 2.24) is 5.32 Å². The van der Waals surface area contributed by atoms with Crippen LogP contribution in [0.3, 0.4) is 0 Å². The van der Waals surface area contributed by atoms with Crippen LogP contribution in [0.2, 0.25) is 0 Å². The van der Waals surface area contributed by atoms with Gasteiger partial charge in [0.2, 0.25) is 0 Å². The minimum Gasteiger partial charge on any atom is -0.329 e. The number of halogens is 3. The van der Waals surface area contributed by atoms with E-state index in [0.717, 1.165) is 25.8 Å². The highest BCUT2D eigenvalue weighted by atomic mass is 19.4. The molecular formula is C14H27F3N2. The Morgan fingerprint density at radius 3 is 2.42 bits per heavy atom. The maximum Gasteiger partial charge on any atom is 0.391 e. The van der Waals surface area contributed by atoms with Crippen molar-refractivity contribution in [2.45, 2.75) is 64.1 Å². The number of alkyl halides is 3. The average molecular weight is 280 g/mol. The van der Waals surface area contributed by atoms with E-state index in [-0.39, 0.29) is 12.8 Å². The zero-order chi connectivity index (χ0) is 14.5. The van der Waals surface area contributed by atoms with E-state index in [1.165, 1.54) is 0 Å². The fourth-order valence-electron chi connectivity index (χ4n) is 3.00. The molecule has 1 fully saturated rings. The van der Waals surface area contributed by atoms with Gasteiger partial charge in [-0.1, -0.05) is 33.1 Å². The van der Waals surface area contributed by atoms with Crippen molar-refractivity contribution < 1.29 is 13.2 Å². The van der Waals surface area contributed by atoms with Gasteiger partial charge in [0.05, 0.1) is 5.92 Å². The van der Waals surface area contributed by atoms with Gasteiger partial charge in [0.1, 0.15) is 0 Å². The molecule has 0 aliphatic heterocycles. The monoisotopic (exact) mass is 280 g/mol. The maximum absolute atomic E-state index is 12.9. The minimum absolute atomic E-state index is 0.132. The van der Waals surface area contributed by atoms with Crippen molar-refractivity contribution in [2.75, 3.05) is 13.1 Å². The highest BCUT2D eigenvalue weighted by Gasteiger charge is 2.46. The van der Waals surface area contributed by atoms with Crippen LogP contribution in [0.5, 0.6) is 0 Å². The lowest BCUT2D eigenvalue weighted by Gasteiger charge is -2.42. The third-order valence-corrected chi connectivity index (χ3v) is 4.62. The molecule has 3 N–H and O–H groups in total. The molecular weight excluding hydrogens is 253 g/mol. The molecule has 0 aromatic rings. The Balaban J connectivity index is 2.63. The van der Waals surface area contributed by atoms with Crippen molar-refractivity contribution in [3.8, 4) is 0 Å². The summed E-state index contributed by atoms with van der Waals surface area (Å²) in [7, 11) is 0. The van der Waals surface area contributed by atoms with Crippen molar-refractivity contribution in [2.24, 2.45) is 17.6 Å². The van der Waals surface area contributed by atoms with Crippen LogP contribution >= 0.6 is 0 Å². The summed E-state index contributed by atoms with van der Waals surface area (Å²) in [6.45, 7) is 5.29. The first-order valence-electron chi connectivity index (χ1n) is 7.38. The number of hydrogen-bond acceptors (Lipinski definition) is 2. The number of nitrogens with one attached hydrogen (secondary N) is 1. The van der Waals surface area contributed by atoms with Crippen LogP contribution in [0.1, 0.15) is 52.4 Å². The molecule has 0 saturated heterocycles. The largest absolute Gasteiger partial charge is 0.391 e. The molecule has 0 amide bonds. The summed E-state index contributed by atoms with van der Waals surface area (Å²) < 4.78 is 38.7. The molecule has 1 saturated carbocycles. The fraction of sp³-hybridized carbons (Fsp3) is 1.00. The van der Waals surface area contributed by atoms with Crippen LogP contribution in [-0.2, 0) is 0 Å². The summed E-state index contributed by atoms with van der Waals surface area (Å²) in [4.78, 5) is 0. The van der Waals surface area contributed by atoms with Crippen molar-refractivity contribution in [1.29, 1.82) is 0 Å². The highest BCUT2D eigenvalue weighted by Crippen LogP contribution is 2.41. The third kappa shape index (κ3) is 4.63. The zero-order valence-electron chi connectivity index (χ0n) is 12.0. The van der Waals surface area contributed by atoms with Crippen LogP contribution in [-0.4, -0.2) is 24.8 Å². The second-order valence-electron chi connectivity index (χ2n) is 5.88. The highest BCUT2D eigenvalue weighted by molar-refractivity contribution is 4.96. The second kappa shape index (κ2) is 6.93. The van der Waals surface area contributed by atoms with Crippen LogP contribution in [0.4, 0.5) is 13.2 Å². The fourth-order valence-corrected chi connectivity index (χ4v) is 3.00. The Morgan fingerprint density at radius 1 is 1.32 bits per heavy atom. The van der Waals surface area contributed by atoms with Gasteiger partial charge < -0.3 is 11.1 Å². The first-order valence-corrected chi connectivity index (χ1v) is 7.38. The molecule has 0 spiro atoms. The van der Waals surface area contributed by atoms with Crippen molar-refractivity contribution in [3.63, 3.8) is 0 Å². The van der Waals surface area contributed by atoms with E-state index in [1.54, 1.807) is 0 Å². The molecule has 1 rings (SSSR count). The third-order valence-electron chi connectivity index (χ3n) is 4.62. The molecule has 0 radical (unpaired) electrons. The van der Waals surface area contributed by atoms with Gasteiger partial charge in [0.15, 0.2) is 0 Å². The maximum atomic E-state index is 12.9. The van der Waals surface area contributed by atoms with Gasteiger partial charge in [-0.05, 0) is 31.7 Å². The molecule has 0 heterocycles. The predicted octanol–water partition coefficient (Wildman–Crippen LogP) is 3.46.